The van der Waals surface area contributed by atoms with Crippen LogP contribution in [0, 0.1) is 0 Å². The van der Waals surface area contributed by atoms with E-state index in [1.165, 1.54) is 0 Å². The number of halogens is 1. The second kappa shape index (κ2) is 6.25. The van der Waals surface area contributed by atoms with Gasteiger partial charge in [0.15, 0.2) is 11.5 Å². The number of ether oxygens (including phenoxy) is 2. The number of carbonyl (C=O) groups is 1. The van der Waals surface area contributed by atoms with Crippen molar-refractivity contribution in [2.45, 2.75) is 24.6 Å². The Balaban J connectivity index is 1.57. The minimum atomic E-state index is -1.68. The summed E-state index contributed by atoms with van der Waals surface area (Å²) < 4.78 is 25.1. The van der Waals surface area contributed by atoms with Crippen LogP contribution in [0.15, 0.2) is 12.3 Å². The van der Waals surface area contributed by atoms with Crippen molar-refractivity contribution in [3.63, 3.8) is 0 Å². The van der Waals surface area contributed by atoms with E-state index in [0.717, 1.165) is 18.9 Å². The molecule has 3 heterocycles. The summed E-state index contributed by atoms with van der Waals surface area (Å²) in [5.41, 5.74) is -1.68. The van der Waals surface area contributed by atoms with Crippen molar-refractivity contribution in [1.29, 1.82) is 0 Å². The van der Waals surface area contributed by atoms with Gasteiger partial charge in [0.25, 0.3) is 5.91 Å². The van der Waals surface area contributed by atoms with Crippen molar-refractivity contribution in [3.8, 4) is 0 Å². The number of amides is 1. The van der Waals surface area contributed by atoms with E-state index in [-0.39, 0.29) is 0 Å². The summed E-state index contributed by atoms with van der Waals surface area (Å²) in [5, 5.41) is 0. The van der Waals surface area contributed by atoms with Gasteiger partial charge in [-0.05, 0) is 18.9 Å². The molecule has 2 saturated heterocycles. The van der Waals surface area contributed by atoms with E-state index >= 15 is 0 Å². The molecule has 8 heteroatoms. The molecule has 2 aliphatic heterocycles. The van der Waals surface area contributed by atoms with Crippen LogP contribution in [-0.4, -0.2) is 72.5 Å². The van der Waals surface area contributed by atoms with Crippen molar-refractivity contribution in [2.75, 3.05) is 51.0 Å². The van der Waals surface area contributed by atoms with Crippen molar-refractivity contribution in [3.05, 3.63) is 18.1 Å². The van der Waals surface area contributed by atoms with Crippen LogP contribution in [0.3, 0.4) is 0 Å². The second-order valence-corrected chi connectivity index (χ2v) is 6.43. The molecule has 4 rings (SSSR count). The molecule has 1 saturated carbocycles. The molecule has 3 fully saturated rings. The second-order valence-electron chi connectivity index (χ2n) is 6.43. The fraction of sp³-hybridized carbons (Fsp3) is 0.688. The number of aromatic nitrogens is 2. The molecular weight excluding hydrogens is 315 g/mol. The van der Waals surface area contributed by atoms with E-state index in [2.05, 4.69) is 14.9 Å². The molecule has 7 nitrogen and oxygen atoms in total. The van der Waals surface area contributed by atoms with Crippen LogP contribution in [-0.2, 0) is 14.3 Å². The molecule has 0 spiro atoms. The van der Waals surface area contributed by atoms with Crippen molar-refractivity contribution in [1.82, 2.24) is 14.9 Å². The van der Waals surface area contributed by atoms with E-state index < -0.39 is 17.6 Å². The predicted octanol–water partition coefficient (Wildman–Crippen LogP) is 0.715. The maximum atomic E-state index is 14.2. The highest BCUT2D eigenvalue weighted by molar-refractivity contribution is 5.88. The van der Waals surface area contributed by atoms with E-state index in [1.54, 1.807) is 11.1 Å². The standard InChI is InChI=1S/C16H21FN4O3/c17-16(2-3-16)15(22)21-7-10-24-11-12(21)14-18-4-1-13(19-14)20-5-8-23-9-6-20/h1,4,12H,2-3,5-11H2. The zero-order valence-electron chi connectivity index (χ0n) is 13.5. The number of alkyl halides is 1. The molecule has 1 aromatic rings. The largest absolute Gasteiger partial charge is 0.378 e. The number of hydrogen-bond acceptors (Lipinski definition) is 6. The maximum absolute atomic E-state index is 14.2. The lowest BCUT2D eigenvalue weighted by Gasteiger charge is -2.36. The number of nitrogens with zero attached hydrogens (tertiary/aromatic N) is 4. The first-order chi connectivity index (χ1) is 11.7. The van der Waals surface area contributed by atoms with Crippen LogP contribution in [0.5, 0.6) is 0 Å². The normalized spacial score (nSPS) is 26.3. The molecule has 1 atom stereocenters. The quantitative estimate of drug-likeness (QED) is 0.810. The average Bonchev–Trinajstić information content (AvgIpc) is 3.41. The summed E-state index contributed by atoms with van der Waals surface area (Å²) in [4.78, 5) is 25.1. The van der Waals surface area contributed by atoms with Crippen LogP contribution in [0.25, 0.3) is 0 Å². The monoisotopic (exact) mass is 336 g/mol. The average molecular weight is 336 g/mol. The maximum Gasteiger partial charge on any atom is 0.261 e. The molecule has 1 amide bonds. The molecule has 24 heavy (non-hydrogen) atoms. The van der Waals surface area contributed by atoms with Gasteiger partial charge in [-0.1, -0.05) is 0 Å². The molecule has 1 aromatic heterocycles. The molecule has 1 aliphatic carbocycles. The first kappa shape index (κ1) is 15.7. The first-order valence-corrected chi connectivity index (χ1v) is 8.41. The van der Waals surface area contributed by atoms with Gasteiger partial charge in [-0.15, -0.1) is 0 Å². The van der Waals surface area contributed by atoms with Gasteiger partial charge in [-0.25, -0.2) is 14.4 Å². The molecule has 0 radical (unpaired) electrons. The predicted molar refractivity (Wildman–Crippen MR) is 83.4 cm³/mol. The fourth-order valence-corrected chi connectivity index (χ4v) is 3.13. The fourth-order valence-electron chi connectivity index (χ4n) is 3.13. The number of morpholine rings is 2. The van der Waals surface area contributed by atoms with E-state index in [9.17, 15) is 9.18 Å². The van der Waals surface area contributed by atoms with Crippen LogP contribution >= 0.6 is 0 Å². The van der Waals surface area contributed by atoms with Gasteiger partial charge in [0.05, 0.1) is 26.4 Å². The number of anilines is 1. The molecule has 0 N–H and O–H groups in total. The molecular formula is C16H21FN4O3. The Morgan fingerprint density at radius 2 is 1.96 bits per heavy atom. The topological polar surface area (TPSA) is 67.8 Å². The molecule has 0 bridgehead atoms. The Morgan fingerprint density at radius 1 is 1.21 bits per heavy atom. The van der Waals surface area contributed by atoms with E-state index in [0.29, 0.717) is 51.6 Å². The van der Waals surface area contributed by atoms with Gasteiger partial charge < -0.3 is 19.3 Å². The Labute approximate surface area is 139 Å². The number of carbonyl (C=O) groups excluding carboxylic acids is 1. The highest BCUT2D eigenvalue weighted by atomic mass is 19.1. The van der Waals surface area contributed by atoms with Gasteiger partial charge in [-0.2, -0.15) is 0 Å². The molecule has 1 unspecified atom stereocenters. The van der Waals surface area contributed by atoms with Crippen LogP contribution in [0.4, 0.5) is 10.2 Å². The smallest absolute Gasteiger partial charge is 0.261 e. The van der Waals surface area contributed by atoms with E-state index in [4.69, 9.17) is 9.47 Å². The minimum Gasteiger partial charge on any atom is -0.378 e. The lowest BCUT2D eigenvalue weighted by Crippen LogP contribution is -2.48. The third kappa shape index (κ3) is 2.95. The Bertz CT molecular complexity index is 619. The summed E-state index contributed by atoms with van der Waals surface area (Å²) in [6.45, 7) is 3.97. The SMILES string of the molecule is O=C(N1CCOCC1c1nccc(N2CCOCC2)n1)C1(F)CC1. The molecule has 0 aromatic carbocycles. The van der Waals surface area contributed by atoms with E-state index in [1.807, 2.05) is 6.07 Å². The number of hydrogen-bond donors (Lipinski definition) is 0. The van der Waals surface area contributed by atoms with Gasteiger partial charge >= 0.3 is 0 Å². The van der Waals surface area contributed by atoms with Gasteiger partial charge in [0.2, 0.25) is 0 Å². The summed E-state index contributed by atoms with van der Waals surface area (Å²) in [6, 6.07) is 1.42. The Morgan fingerprint density at radius 3 is 2.71 bits per heavy atom. The molecule has 130 valence electrons. The summed E-state index contributed by atoms with van der Waals surface area (Å²) in [7, 11) is 0. The van der Waals surface area contributed by atoms with Crippen LogP contribution < -0.4 is 4.90 Å². The zero-order valence-corrected chi connectivity index (χ0v) is 13.5. The van der Waals surface area contributed by atoms with Crippen molar-refractivity contribution < 1.29 is 18.7 Å². The zero-order chi connectivity index (χ0) is 16.6. The lowest BCUT2D eigenvalue weighted by atomic mass is 10.1. The van der Waals surface area contributed by atoms with Crippen LogP contribution in [0.1, 0.15) is 24.7 Å². The summed E-state index contributed by atoms with van der Waals surface area (Å²) in [5.74, 6) is 0.870. The highest BCUT2D eigenvalue weighted by Crippen LogP contribution is 2.43. The van der Waals surface area contributed by atoms with Gasteiger partial charge in [0.1, 0.15) is 11.9 Å². The van der Waals surface area contributed by atoms with Crippen molar-refractivity contribution in [2.24, 2.45) is 0 Å². The van der Waals surface area contributed by atoms with Crippen molar-refractivity contribution >= 4 is 11.7 Å². The Kier molecular flexibility index (Phi) is 4.09. The van der Waals surface area contributed by atoms with Gasteiger partial charge in [0, 0.05) is 25.8 Å². The highest BCUT2D eigenvalue weighted by Gasteiger charge is 2.54. The van der Waals surface area contributed by atoms with Crippen LogP contribution in [0.2, 0.25) is 0 Å². The summed E-state index contributed by atoms with van der Waals surface area (Å²) >= 11 is 0. The number of rotatable bonds is 3. The lowest BCUT2D eigenvalue weighted by molar-refractivity contribution is -0.147. The Hall–Kier alpha value is -1.80. The minimum absolute atomic E-state index is 0.300. The third-order valence-corrected chi connectivity index (χ3v) is 4.75. The summed E-state index contributed by atoms with van der Waals surface area (Å²) in [6.07, 6.45) is 2.31. The van der Waals surface area contributed by atoms with Gasteiger partial charge in [-0.3, -0.25) is 4.79 Å². The molecule has 3 aliphatic rings. The first-order valence-electron chi connectivity index (χ1n) is 8.41. The third-order valence-electron chi connectivity index (χ3n) is 4.75.